The normalized spacial score (nSPS) is 12.4. The average Bonchev–Trinajstić information content (AvgIpc) is 1.98. The number of aliphatic hydroxyl groups excluding tert-OH is 2. The van der Waals surface area contributed by atoms with Crippen molar-refractivity contribution in [2.75, 3.05) is 6.61 Å². The first-order chi connectivity index (χ1) is 5.72. The zero-order chi connectivity index (χ0) is 11.1. The van der Waals surface area contributed by atoms with Gasteiger partial charge in [-0.1, -0.05) is 6.58 Å². The van der Waals surface area contributed by atoms with Crippen molar-refractivity contribution >= 4 is 13.6 Å². The van der Waals surface area contributed by atoms with E-state index in [0.717, 1.165) is 6.08 Å². The molecule has 0 bridgehead atoms. The number of rotatable bonds is 3. The van der Waals surface area contributed by atoms with E-state index in [9.17, 15) is 4.79 Å². The molecule has 0 aliphatic carbocycles. The Morgan fingerprint density at radius 2 is 1.77 bits per heavy atom. The van der Waals surface area contributed by atoms with Crippen molar-refractivity contribution in [2.45, 2.75) is 6.10 Å². The highest BCUT2D eigenvalue weighted by Gasteiger charge is 2.07. The SMILES string of the molecule is C=CC(=O)C(O)CO.O=P(O)(O)O. The predicted molar refractivity (Wildman–Crippen MR) is 42.6 cm³/mol. The first-order valence-electron chi connectivity index (χ1n) is 2.95. The molecule has 13 heavy (non-hydrogen) atoms. The molecule has 0 spiro atoms. The lowest BCUT2D eigenvalue weighted by molar-refractivity contribution is -0.123. The Morgan fingerprint density at radius 3 is 1.85 bits per heavy atom. The lowest BCUT2D eigenvalue weighted by atomic mass is 10.2. The van der Waals surface area contributed by atoms with Gasteiger partial charge in [-0.3, -0.25) is 4.79 Å². The molecule has 0 aromatic rings. The van der Waals surface area contributed by atoms with Crippen LogP contribution in [0, 0.1) is 0 Å². The lowest BCUT2D eigenvalue weighted by Gasteiger charge is -1.98. The largest absolute Gasteiger partial charge is 0.466 e. The number of carbonyl (C=O) groups is 1. The maximum absolute atomic E-state index is 10.2. The summed E-state index contributed by atoms with van der Waals surface area (Å²) in [5.74, 6) is -0.549. The highest BCUT2D eigenvalue weighted by molar-refractivity contribution is 7.45. The van der Waals surface area contributed by atoms with Gasteiger partial charge >= 0.3 is 7.82 Å². The van der Waals surface area contributed by atoms with Gasteiger partial charge in [0.05, 0.1) is 6.61 Å². The topological polar surface area (TPSA) is 135 Å². The minimum absolute atomic E-state index is 0.537. The Kier molecular flexibility index (Phi) is 7.93. The molecule has 0 rings (SSSR count). The van der Waals surface area contributed by atoms with E-state index < -0.39 is 26.3 Å². The molecule has 0 saturated carbocycles. The van der Waals surface area contributed by atoms with Gasteiger partial charge in [0.2, 0.25) is 0 Å². The summed E-state index contributed by atoms with van der Waals surface area (Å²) in [6.07, 6.45) is -0.312. The molecule has 0 saturated heterocycles. The van der Waals surface area contributed by atoms with Crippen LogP contribution in [0.5, 0.6) is 0 Å². The van der Waals surface area contributed by atoms with Crippen molar-refractivity contribution in [1.29, 1.82) is 0 Å². The summed E-state index contributed by atoms with van der Waals surface area (Å²) in [6.45, 7) is 2.57. The van der Waals surface area contributed by atoms with Crippen LogP contribution in [-0.4, -0.2) is 43.4 Å². The van der Waals surface area contributed by atoms with E-state index in [1.807, 2.05) is 0 Å². The summed E-state index contributed by atoms with van der Waals surface area (Å²) in [5, 5.41) is 16.6. The van der Waals surface area contributed by atoms with Gasteiger partial charge in [0.1, 0.15) is 6.10 Å². The van der Waals surface area contributed by atoms with Crippen LogP contribution < -0.4 is 0 Å². The number of phosphoric acid groups is 1. The zero-order valence-electron chi connectivity index (χ0n) is 6.57. The predicted octanol–water partition coefficient (Wildman–Crippen LogP) is -1.83. The van der Waals surface area contributed by atoms with Gasteiger partial charge in [-0.15, -0.1) is 0 Å². The molecule has 1 atom stereocenters. The minimum Gasteiger partial charge on any atom is -0.393 e. The zero-order valence-corrected chi connectivity index (χ0v) is 7.46. The second kappa shape index (κ2) is 6.90. The van der Waals surface area contributed by atoms with Crippen LogP contribution >= 0.6 is 7.82 Å². The van der Waals surface area contributed by atoms with E-state index in [1.165, 1.54) is 0 Å². The number of ketones is 1. The number of hydrogen-bond donors (Lipinski definition) is 5. The number of aliphatic hydroxyl groups is 2. The van der Waals surface area contributed by atoms with Gasteiger partial charge in [-0.25, -0.2) is 4.57 Å². The molecule has 0 fully saturated rings. The van der Waals surface area contributed by atoms with Crippen LogP contribution in [-0.2, 0) is 9.36 Å². The summed E-state index contributed by atoms with van der Waals surface area (Å²) in [5.41, 5.74) is 0. The van der Waals surface area contributed by atoms with E-state index >= 15 is 0 Å². The number of hydrogen-bond acceptors (Lipinski definition) is 4. The van der Waals surface area contributed by atoms with Crippen LogP contribution in [0.15, 0.2) is 12.7 Å². The van der Waals surface area contributed by atoms with Crippen molar-refractivity contribution in [1.82, 2.24) is 0 Å². The third-order valence-electron chi connectivity index (χ3n) is 0.703. The summed E-state index contributed by atoms with van der Waals surface area (Å²) in [7, 11) is -4.64. The molecule has 0 aromatic carbocycles. The van der Waals surface area contributed by atoms with Gasteiger partial charge in [0.15, 0.2) is 5.78 Å². The van der Waals surface area contributed by atoms with E-state index in [1.54, 1.807) is 0 Å². The minimum atomic E-state index is -4.64. The van der Waals surface area contributed by atoms with E-state index in [4.69, 9.17) is 29.5 Å². The van der Waals surface area contributed by atoms with Gasteiger partial charge in [-0.05, 0) is 6.08 Å². The first-order valence-corrected chi connectivity index (χ1v) is 4.52. The van der Waals surface area contributed by atoms with Crippen LogP contribution in [0.25, 0.3) is 0 Å². The van der Waals surface area contributed by atoms with Crippen LogP contribution in [0.3, 0.4) is 0 Å². The highest BCUT2D eigenvalue weighted by Crippen LogP contribution is 2.25. The highest BCUT2D eigenvalue weighted by atomic mass is 31.2. The summed E-state index contributed by atoms with van der Waals surface area (Å²) < 4.78 is 8.88. The van der Waals surface area contributed by atoms with Gasteiger partial charge in [-0.2, -0.15) is 0 Å². The number of carbonyl (C=O) groups excluding carboxylic acids is 1. The molecule has 0 aliphatic heterocycles. The molecular weight excluding hydrogens is 203 g/mol. The summed E-state index contributed by atoms with van der Waals surface area (Å²) >= 11 is 0. The molecule has 8 heteroatoms. The second-order valence-electron chi connectivity index (χ2n) is 1.82. The maximum atomic E-state index is 10.2. The van der Waals surface area contributed by atoms with Crippen molar-refractivity contribution in [3.05, 3.63) is 12.7 Å². The molecule has 0 aromatic heterocycles. The fourth-order valence-electron chi connectivity index (χ4n) is 0.226. The summed E-state index contributed by atoms with van der Waals surface area (Å²) in [4.78, 5) is 31.8. The van der Waals surface area contributed by atoms with Crippen molar-refractivity contribution in [3.8, 4) is 0 Å². The van der Waals surface area contributed by atoms with Gasteiger partial charge in [0, 0.05) is 0 Å². The van der Waals surface area contributed by atoms with Crippen LogP contribution in [0.1, 0.15) is 0 Å². The first kappa shape index (κ1) is 14.9. The molecule has 0 amide bonds. The monoisotopic (exact) mass is 214 g/mol. The molecule has 0 radical (unpaired) electrons. The Balaban J connectivity index is 0. The van der Waals surface area contributed by atoms with Crippen molar-refractivity contribution in [2.24, 2.45) is 0 Å². The third kappa shape index (κ3) is 18.4. The maximum Gasteiger partial charge on any atom is 0.466 e. The van der Waals surface area contributed by atoms with Crippen LogP contribution in [0.2, 0.25) is 0 Å². The Labute approximate surface area is 74.2 Å². The quantitative estimate of drug-likeness (QED) is 0.275. The molecular formula is C5H11O7P. The second-order valence-corrected chi connectivity index (χ2v) is 2.84. The van der Waals surface area contributed by atoms with Crippen LogP contribution in [0.4, 0.5) is 0 Å². The molecule has 7 nitrogen and oxygen atoms in total. The van der Waals surface area contributed by atoms with Gasteiger partial charge in [0.25, 0.3) is 0 Å². The van der Waals surface area contributed by atoms with Gasteiger partial charge < -0.3 is 24.9 Å². The van der Waals surface area contributed by atoms with E-state index in [0.29, 0.717) is 0 Å². The lowest BCUT2D eigenvalue weighted by Crippen LogP contribution is -2.21. The fraction of sp³-hybridized carbons (Fsp3) is 0.400. The molecule has 78 valence electrons. The van der Waals surface area contributed by atoms with E-state index in [-0.39, 0.29) is 0 Å². The fourth-order valence-corrected chi connectivity index (χ4v) is 0.226. The standard InChI is InChI=1S/C5H8O3.H3O4P/c1-2-4(7)5(8)3-6;1-5(2,3)4/h2,5-6,8H,1,3H2;(H3,1,2,3,4). The molecule has 5 N–H and O–H groups in total. The summed E-state index contributed by atoms with van der Waals surface area (Å²) in [6, 6.07) is 0. The molecule has 0 aliphatic rings. The average molecular weight is 214 g/mol. The third-order valence-corrected chi connectivity index (χ3v) is 0.703. The smallest absolute Gasteiger partial charge is 0.393 e. The van der Waals surface area contributed by atoms with E-state index in [2.05, 4.69) is 6.58 Å². The molecule has 1 unspecified atom stereocenters. The molecule has 0 heterocycles. The van der Waals surface area contributed by atoms with Crippen molar-refractivity contribution in [3.63, 3.8) is 0 Å². The Hall–Kier alpha value is -0.560. The Bertz CT molecular complexity index is 199. The Morgan fingerprint density at radius 1 is 1.46 bits per heavy atom. The van der Waals surface area contributed by atoms with Crippen molar-refractivity contribution < 1.29 is 34.3 Å².